The summed E-state index contributed by atoms with van der Waals surface area (Å²) in [5.41, 5.74) is 13.0. The van der Waals surface area contributed by atoms with E-state index >= 15 is 0 Å². The number of para-hydroxylation sites is 1. The number of pyridine rings is 1. The molecule has 0 radical (unpaired) electrons. The van der Waals surface area contributed by atoms with Gasteiger partial charge in [0.1, 0.15) is 15.1 Å². The number of nitrogens with two attached hydrogens (primary N) is 1. The Balaban J connectivity index is 1.13. The Bertz CT molecular complexity index is 1850. The predicted molar refractivity (Wildman–Crippen MR) is 184 cm³/mol. The van der Waals surface area contributed by atoms with Crippen LogP contribution in [0.25, 0.3) is 11.1 Å². The highest BCUT2D eigenvalue weighted by Gasteiger charge is 2.44. The van der Waals surface area contributed by atoms with Crippen molar-refractivity contribution in [1.29, 1.82) is 0 Å². The molecule has 238 valence electrons. The number of nitrogens with one attached hydrogen (secondary N) is 2. The number of aromatic nitrogens is 5. The molecule has 46 heavy (non-hydrogen) atoms. The number of amides is 2. The highest BCUT2D eigenvalue weighted by molar-refractivity contribution is 14.1. The van der Waals surface area contributed by atoms with E-state index < -0.39 is 3.55 Å². The molecule has 3 aliphatic rings. The van der Waals surface area contributed by atoms with Crippen LogP contribution in [-0.2, 0) is 10.1 Å². The van der Waals surface area contributed by atoms with Crippen LogP contribution in [0.4, 0.5) is 22.9 Å². The zero-order valence-corrected chi connectivity index (χ0v) is 28.3. The zero-order chi connectivity index (χ0) is 32.3. The lowest BCUT2D eigenvalue weighted by molar-refractivity contribution is 0.0773. The van der Waals surface area contributed by atoms with Crippen molar-refractivity contribution in [3.63, 3.8) is 0 Å². The minimum absolute atomic E-state index is 0.00781. The number of halogens is 1. The van der Waals surface area contributed by atoms with Gasteiger partial charge in [-0.25, -0.2) is 4.98 Å². The van der Waals surface area contributed by atoms with Gasteiger partial charge in [-0.15, -0.1) is 10.2 Å². The minimum atomic E-state index is -0.433. The highest BCUT2D eigenvalue weighted by Crippen LogP contribution is 2.54. The molecule has 1 atom stereocenters. The molecule has 1 aliphatic carbocycles. The van der Waals surface area contributed by atoms with Gasteiger partial charge in [0.25, 0.3) is 11.8 Å². The maximum absolute atomic E-state index is 12.9. The topological polar surface area (TPSA) is 150 Å². The Morgan fingerprint density at radius 2 is 1.87 bits per heavy atom. The third-order valence-corrected chi connectivity index (χ3v) is 10.4. The molecule has 2 fully saturated rings. The Morgan fingerprint density at radius 3 is 2.61 bits per heavy atom. The second kappa shape index (κ2) is 11.5. The van der Waals surface area contributed by atoms with Gasteiger partial charge in [0.2, 0.25) is 0 Å². The summed E-state index contributed by atoms with van der Waals surface area (Å²) in [6.07, 6.45) is 4.10. The van der Waals surface area contributed by atoms with Crippen LogP contribution in [0.2, 0.25) is 0 Å². The first-order chi connectivity index (χ1) is 22.1. The molecule has 2 aliphatic heterocycles. The van der Waals surface area contributed by atoms with Crippen LogP contribution < -0.4 is 21.3 Å². The van der Waals surface area contributed by atoms with Crippen LogP contribution >= 0.6 is 22.6 Å². The normalized spacial score (nSPS) is 19.2. The summed E-state index contributed by atoms with van der Waals surface area (Å²) >= 11 is 2.50. The van der Waals surface area contributed by atoms with E-state index in [-0.39, 0.29) is 29.4 Å². The lowest BCUT2D eigenvalue weighted by Crippen LogP contribution is -2.50. The summed E-state index contributed by atoms with van der Waals surface area (Å²) < 4.78 is 1.74. The lowest BCUT2D eigenvalue weighted by Gasteiger charge is -2.45. The minimum Gasteiger partial charge on any atom is -0.382 e. The smallest absolute Gasteiger partial charge is 0.273 e. The van der Waals surface area contributed by atoms with Crippen LogP contribution in [0.15, 0.2) is 48.7 Å². The van der Waals surface area contributed by atoms with Gasteiger partial charge in [0.15, 0.2) is 5.69 Å². The zero-order valence-electron chi connectivity index (χ0n) is 26.2. The van der Waals surface area contributed by atoms with E-state index in [2.05, 4.69) is 77.9 Å². The molecular formula is C32H36IN11O2. The molecule has 7 rings (SSSR count). The molecule has 0 unspecified atom stereocenters. The monoisotopic (exact) mass is 733 g/mol. The van der Waals surface area contributed by atoms with Crippen LogP contribution in [0.5, 0.6) is 0 Å². The molecule has 1 saturated heterocycles. The van der Waals surface area contributed by atoms with Crippen molar-refractivity contribution in [3.8, 4) is 11.1 Å². The van der Waals surface area contributed by atoms with Crippen molar-refractivity contribution in [2.45, 2.75) is 41.9 Å². The van der Waals surface area contributed by atoms with Crippen LogP contribution in [0.3, 0.4) is 0 Å². The standard InChI is InChI=1S/C32H36IN11O2/c1-32(33)29-22(21-8-6-9-23(28(21)42(32)4)38-25-13-26(34)39-40-27(25)30(45)35-2)14-36-44(29)20-16-43(17-20)15-18-7-5-10-24(37-18)31(46)41(3)19-11-12-19/h5-10,13-14,19-20H,11-12,15-17H2,1-4H3,(H,35,45)(H3,34,38,39)/t32-/m0/s1. The molecule has 5 heterocycles. The number of carbonyl (C=O) groups excluding carboxylic acids is 2. The van der Waals surface area contributed by atoms with Crippen molar-refractivity contribution in [2.24, 2.45) is 0 Å². The van der Waals surface area contributed by atoms with Crippen LogP contribution in [-0.4, -0.2) is 86.9 Å². The maximum Gasteiger partial charge on any atom is 0.273 e. The third kappa shape index (κ3) is 5.22. The number of carbonyl (C=O) groups is 2. The molecule has 0 spiro atoms. The van der Waals surface area contributed by atoms with Gasteiger partial charge in [-0.3, -0.25) is 19.2 Å². The first kappa shape index (κ1) is 30.3. The lowest BCUT2D eigenvalue weighted by atomic mass is 9.93. The molecule has 1 aromatic carbocycles. The van der Waals surface area contributed by atoms with Crippen molar-refractivity contribution in [1.82, 2.24) is 40.1 Å². The second-order valence-corrected chi connectivity index (χ2v) is 14.4. The number of benzene rings is 1. The average molecular weight is 734 g/mol. The Morgan fingerprint density at radius 1 is 1.11 bits per heavy atom. The fourth-order valence-corrected chi connectivity index (χ4v) is 7.15. The summed E-state index contributed by atoms with van der Waals surface area (Å²) in [5, 5.41) is 18.9. The van der Waals surface area contributed by atoms with E-state index in [9.17, 15) is 9.59 Å². The van der Waals surface area contributed by atoms with E-state index in [0.29, 0.717) is 24.0 Å². The van der Waals surface area contributed by atoms with E-state index in [1.165, 1.54) is 0 Å². The number of rotatable bonds is 8. The Labute approximate surface area is 280 Å². The number of nitrogens with zero attached hydrogens (tertiary/aromatic N) is 8. The summed E-state index contributed by atoms with van der Waals surface area (Å²) in [7, 11) is 5.49. The van der Waals surface area contributed by atoms with E-state index in [1.807, 2.05) is 42.4 Å². The third-order valence-electron chi connectivity index (χ3n) is 9.15. The first-order valence-electron chi connectivity index (χ1n) is 15.3. The van der Waals surface area contributed by atoms with Gasteiger partial charge in [0.05, 0.1) is 40.7 Å². The molecule has 4 aromatic rings. The summed E-state index contributed by atoms with van der Waals surface area (Å²) in [6.45, 7) is 4.53. The molecule has 3 aromatic heterocycles. The number of anilines is 4. The molecule has 0 bridgehead atoms. The largest absolute Gasteiger partial charge is 0.382 e. The molecular weight excluding hydrogens is 697 g/mol. The van der Waals surface area contributed by atoms with Gasteiger partial charge in [-0.05, 0) is 60.6 Å². The second-order valence-electron chi connectivity index (χ2n) is 12.3. The summed E-state index contributed by atoms with van der Waals surface area (Å²) in [5.74, 6) is -0.155. The van der Waals surface area contributed by atoms with E-state index in [0.717, 1.165) is 59.8 Å². The van der Waals surface area contributed by atoms with E-state index in [1.54, 1.807) is 19.2 Å². The number of likely N-dealkylation sites (tertiary alicyclic amines) is 1. The quantitative estimate of drug-likeness (QED) is 0.139. The number of alkyl halides is 1. The van der Waals surface area contributed by atoms with Gasteiger partial charge in [-0.2, -0.15) is 5.10 Å². The fourth-order valence-electron chi connectivity index (χ4n) is 6.37. The fraction of sp³-hybridized carbons (Fsp3) is 0.375. The molecule has 13 nitrogen and oxygen atoms in total. The molecule has 4 N–H and O–H groups in total. The molecule has 1 saturated carbocycles. The van der Waals surface area contributed by atoms with Gasteiger partial charge >= 0.3 is 0 Å². The Kier molecular flexibility index (Phi) is 7.58. The van der Waals surface area contributed by atoms with Crippen LogP contribution in [0.1, 0.15) is 58.2 Å². The predicted octanol–water partition coefficient (Wildman–Crippen LogP) is 3.77. The van der Waals surface area contributed by atoms with Crippen LogP contribution in [0, 0.1) is 0 Å². The Hall–Kier alpha value is -4.31. The first-order valence-corrected chi connectivity index (χ1v) is 16.4. The number of hydrogen-bond acceptors (Lipinski definition) is 10. The summed E-state index contributed by atoms with van der Waals surface area (Å²) in [6, 6.07) is 14.0. The number of hydrogen-bond donors (Lipinski definition) is 3. The summed E-state index contributed by atoms with van der Waals surface area (Å²) in [4.78, 5) is 36.5. The van der Waals surface area contributed by atoms with Crippen molar-refractivity contribution in [2.75, 3.05) is 50.2 Å². The van der Waals surface area contributed by atoms with Crippen molar-refractivity contribution in [3.05, 3.63) is 71.4 Å². The van der Waals surface area contributed by atoms with Crippen molar-refractivity contribution < 1.29 is 9.59 Å². The van der Waals surface area contributed by atoms with Gasteiger partial charge < -0.3 is 26.2 Å². The maximum atomic E-state index is 12.9. The number of fused-ring (bicyclic) bond motifs is 3. The van der Waals surface area contributed by atoms with E-state index in [4.69, 9.17) is 15.8 Å². The SMILES string of the molecule is CNC(=O)c1nnc(N)cc1Nc1cccc2c1N(C)[C@](C)(I)c1c-2cnn1C1CN(Cc2cccc(C(=O)N(C)C3CC3)n2)C1. The molecule has 14 heteroatoms. The molecule has 2 amide bonds. The van der Waals surface area contributed by atoms with Gasteiger partial charge in [-0.1, -0.05) is 18.2 Å². The highest BCUT2D eigenvalue weighted by atomic mass is 127. The number of nitrogen functional groups attached to an aromatic ring is 1. The van der Waals surface area contributed by atoms with Crippen molar-refractivity contribution >= 4 is 57.3 Å². The average Bonchev–Trinajstić information content (AvgIpc) is 3.78. The van der Waals surface area contributed by atoms with Gasteiger partial charge in [0, 0.05) is 64.0 Å².